The molecule has 1 heterocycles. The molecule has 0 bridgehead atoms. The highest BCUT2D eigenvalue weighted by atomic mass is 35.5. The number of halogens is 3. The van der Waals surface area contributed by atoms with Crippen LogP contribution in [0.1, 0.15) is 30.9 Å². The molecule has 7 nitrogen and oxygen atoms in total. The van der Waals surface area contributed by atoms with Crippen LogP contribution in [0.5, 0.6) is 11.5 Å². The van der Waals surface area contributed by atoms with E-state index in [1.54, 1.807) is 44.2 Å². The zero-order chi connectivity index (χ0) is 25.0. The van der Waals surface area contributed by atoms with Gasteiger partial charge in [-0.3, -0.25) is 0 Å². The van der Waals surface area contributed by atoms with E-state index in [0.29, 0.717) is 37.7 Å². The maximum absolute atomic E-state index is 12.7. The predicted octanol–water partition coefficient (Wildman–Crippen LogP) is 5.88. The number of rotatable bonds is 7. The van der Waals surface area contributed by atoms with Gasteiger partial charge in [-0.05, 0) is 43.7 Å². The van der Waals surface area contributed by atoms with Crippen molar-refractivity contribution in [1.29, 1.82) is 5.26 Å². The summed E-state index contributed by atoms with van der Waals surface area (Å²) in [6.07, 6.45) is 0. The van der Waals surface area contributed by atoms with Crippen LogP contribution in [0.15, 0.2) is 53.1 Å². The average molecular weight is 524 g/mol. The van der Waals surface area contributed by atoms with E-state index in [1.807, 2.05) is 6.07 Å². The zero-order valence-electron chi connectivity index (χ0n) is 18.6. The van der Waals surface area contributed by atoms with Gasteiger partial charge in [0.15, 0.2) is 11.5 Å². The Balaban J connectivity index is 1.99. The fourth-order valence-corrected chi connectivity index (χ4v) is 4.46. The summed E-state index contributed by atoms with van der Waals surface area (Å²) in [6.45, 7) is 3.51. The van der Waals surface area contributed by atoms with Crippen LogP contribution in [-0.2, 0) is 20.9 Å². The molecule has 2 aromatic carbocycles. The second-order valence-corrected chi connectivity index (χ2v) is 8.41. The van der Waals surface area contributed by atoms with Crippen molar-refractivity contribution in [1.82, 2.24) is 0 Å². The Morgan fingerprint density at radius 2 is 1.85 bits per heavy atom. The molecule has 10 heteroatoms. The highest BCUT2D eigenvalue weighted by Gasteiger charge is 2.36. The molecule has 2 N–H and O–H groups in total. The number of carbonyl (C=O) groups excluding carboxylic acids is 1. The molecule has 34 heavy (non-hydrogen) atoms. The van der Waals surface area contributed by atoms with Gasteiger partial charge in [0.25, 0.3) is 0 Å². The molecular formula is C24H21Cl3N2O5. The number of hydrogen-bond acceptors (Lipinski definition) is 7. The van der Waals surface area contributed by atoms with Gasteiger partial charge in [0, 0.05) is 10.6 Å². The minimum absolute atomic E-state index is 0.0607. The molecule has 3 rings (SSSR count). The summed E-state index contributed by atoms with van der Waals surface area (Å²) in [5, 5.41) is 10.9. The standard InChI is InChI=1S/C24H21Cl3N2O5/c1-4-32-24(30)21-12(2)34-23(29)15(10-28)22(21)13-5-6-19(20(7-13)31-3)33-11-16-17(26)8-14(25)9-18(16)27/h5-9,22H,4,11,29H2,1-3H3. The first-order chi connectivity index (χ1) is 16.2. The number of nitrogens with zero attached hydrogens (tertiary/aromatic N) is 1. The quantitative estimate of drug-likeness (QED) is 0.452. The third-order valence-corrected chi connectivity index (χ3v) is 5.99. The van der Waals surface area contributed by atoms with E-state index in [4.69, 9.17) is 59.5 Å². The number of hydrogen-bond donors (Lipinski definition) is 1. The summed E-state index contributed by atoms with van der Waals surface area (Å²) in [4.78, 5) is 12.7. The van der Waals surface area contributed by atoms with Crippen LogP contribution >= 0.6 is 34.8 Å². The molecule has 0 saturated carbocycles. The highest BCUT2D eigenvalue weighted by Crippen LogP contribution is 2.42. The predicted molar refractivity (Wildman–Crippen MR) is 129 cm³/mol. The third kappa shape index (κ3) is 5.20. The highest BCUT2D eigenvalue weighted by molar-refractivity contribution is 6.39. The molecule has 0 aliphatic carbocycles. The lowest BCUT2D eigenvalue weighted by Crippen LogP contribution is -2.25. The maximum atomic E-state index is 12.7. The number of methoxy groups -OCH3 is 1. The fraction of sp³-hybridized carbons (Fsp3) is 0.250. The van der Waals surface area contributed by atoms with Gasteiger partial charge >= 0.3 is 5.97 Å². The second kappa shape index (κ2) is 10.9. The van der Waals surface area contributed by atoms with E-state index in [-0.39, 0.29) is 36.0 Å². The van der Waals surface area contributed by atoms with Gasteiger partial charge in [-0.15, -0.1) is 0 Å². The molecule has 0 saturated heterocycles. The van der Waals surface area contributed by atoms with Crippen LogP contribution in [0.25, 0.3) is 0 Å². The van der Waals surface area contributed by atoms with E-state index in [0.717, 1.165) is 0 Å². The van der Waals surface area contributed by atoms with Crippen molar-refractivity contribution in [2.24, 2.45) is 5.73 Å². The summed E-state index contributed by atoms with van der Waals surface area (Å²) in [6, 6.07) is 10.2. The molecule has 1 aliphatic rings. The molecule has 0 amide bonds. The summed E-state index contributed by atoms with van der Waals surface area (Å²) in [5.41, 5.74) is 7.35. The van der Waals surface area contributed by atoms with Gasteiger partial charge in [0.2, 0.25) is 5.88 Å². The van der Waals surface area contributed by atoms with Gasteiger partial charge < -0.3 is 24.7 Å². The number of benzene rings is 2. The van der Waals surface area contributed by atoms with Gasteiger partial charge in [-0.2, -0.15) is 5.26 Å². The Morgan fingerprint density at radius 3 is 2.44 bits per heavy atom. The molecule has 1 atom stereocenters. The Bertz CT molecular complexity index is 1210. The Kier molecular flexibility index (Phi) is 8.21. The first-order valence-electron chi connectivity index (χ1n) is 10.1. The number of esters is 1. The molecule has 2 aromatic rings. The van der Waals surface area contributed by atoms with E-state index in [2.05, 4.69) is 0 Å². The van der Waals surface area contributed by atoms with E-state index in [1.165, 1.54) is 7.11 Å². The number of nitrogens with two attached hydrogens (primary N) is 1. The smallest absolute Gasteiger partial charge is 0.338 e. The number of allylic oxidation sites excluding steroid dienone is 2. The van der Waals surface area contributed by atoms with E-state index >= 15 is 0 Å². The van der Waals surface area contributed by atoms with Crippen molar-refractivity contribution in [3.8, 4) is 17.6 Å². The van der Waals surface area contributed by atoms with Gasteiger partial charge in [0.1, 0.15) is 24.0 Å². The van der Waals surface area contributed by atoms with Crippen LogP contribution in [-0.4, -0.2) is 19.7 Å². The average Bonchev–Trinajstić information content (AvgIpc) is 2.78. The van der Waals surface area contributed by atoms with Crippen molar-refractivity contribution in [2.75, 3.05) is 13.7 Å². The SMILES string of the molecule is CCOC(=O)C1=C(C)OC(N)=C(C#N)C1c1ccc(OCc2c(Cl)cc(Cl)cc2Cl)c(OC)c1. The van der Waals surface area contributed by atoms with Crippen LogP contribution in [0.4, 0.5) is 0 Å². The Hall–Kier alpha value is -3.05. The van der Waals surface area contributed by atoms with Crippen LogP contribution in [0.2, 0.25) is 15.1 Å². The summed E-state index contributed by atoms with van der Waals surface area (Å²) in [5.74, 6) is -0.468. The van der Waals surface area contributed by atoms with Crippen molar-refractivity contribution < 1.29 is 23.7 Å². The topological polar surface area (TPSA) is 104 Å². The van der Waals surface area contributed by atoms with Crippen LogP contribution in [0.3, 0.4) is 0 Å². The minimum atomic E-state index is -0.805. The van der Waals surface area contributed by atoms with Crippen LogP contribution in [0, 0.1) is 11.3 Å². The van der Waals surface area contributed by atoms with Crippen molar-refractivity contribution >= 4 is 40.8 Å². The molecule has 0 spiro atoms. The number of carbonyl (C=O) groups is 1. The first kappa shape index (κ1) is 25.6. The van der Waals surface area contributed by atoms with E-state index in [9.17, 15) is 10.1 Å². The lowest BCUT2D eigenvalue weighted by molar-refractivity contribution is -0.139. The Morgan fingerprint density at radius 1 is 1.18 bits per heavy atom. The third-order valence-electron chi connectivity index (χ3n) is 5.10. The van der Waals surface area contributed by atoms with Crippen molar-refractivity contribution in [2.45, 2.75) is 26.4 Å². The lowest BCUT2D eigenvalue weighted by atomic mass is 9.83. The molecule has 1 aliphatic heterocycles. The molecule has 0 fully saturated rings. The molecule has 0 radical (unpaired) electrons. The lowest BCUT2D eigenvalue weighted by Gasteiger charge is -2.27. The second-order valence-electron chi connectivity index (χ2n) is 7.16. The van der Waals surface area contributed by atoms with Crippen molar-refractivity contribution in [3.05, 3.63) is 79.3 Å². The number of nitriles is 1. The summed E-state index contributed by atoms with van der Waals surface area (Å²) in [7, 11) is 1.47. The van der Waals surface area contributed by atoms with Gasteiger partial charge in [-0.1, -0.05) is 40.9 Å². The van der Waals surface area contributed by atoms with E-state index < -0.39 is 11.9 Å². The Labute approximate surface area is 212 Å². The first-order valence-corrected chi connectivity index (χ1v) is 11.2. The molecule has 0 aromatic heterocycles. The number of ether oxygens (including phenoxy) is 4. The minimum Gasteiger partial charge on any atom is -0.493 e. The van der Waals surface area contributed by atoms with Gasteiger partial charge in [-0.25, -0.2) is 4.79 Å². The van der Waals surface area contributed by atoms with Crippen LogP contribution < -0.4 is 15.2 Å². The van der Waals surface area contributed by atoms with Crippen molar-refractivity contribution in [3.63, 3.8) is 0 Å². The molecule has 1 unspecified atom stereocenters. The fourth-order valence-electron chi connectivity index (χ4n) is 3.53. The molecular weight excluding hydrogens is 503 g/mol. The van der Waals surface area contributed by atoms with Gasteiger partial charge in [0.05, 0.1) is 35.3 Å². The summed E-state index contributed by atoms with van der Waals surface area (Å²) >= 11 is 18.5. The monoisotopic (exact) mass is 522 g/mol. The normalized spacial score (nSPS) is 15.5. The maximum Gasteiger partial charge on any atom is 0.338 e. The largest absolute Gasteiger partial charge is 0.493 e. The zero-order valence-corrected chi connectivity index (χ0v) is 20.8. The summed E-state index contributed by atoms with van der Waals surface area (Å²) < 4.78 is 22.0. The molecule has 178 valence electrons.